The maximum Gasteiger partial charge on any atom is 0.327 e. The number of carboxylic acid groups (broad SMARTS) is 1. The van der Waals surface area contributed by atoms with Crippen molar-refractivity contribution in [2.75, 3.05) is 5.75 Å². The van der Waals surface area contributed by atoms with E-state index in [1.165, 1.54) is 18.7 Å². The molecule has 2 N–H and O–H groups in total. The van der Waals surface area contributed by atoms with E-state index in [9.17, 15) is 9.59 Å². The molecule has 1 aromatic heterocycles. The molecule has 0 spiro atoms. The lowest BCUT2D eigenvalue weighted by molar-refractivity contribution is -0.140. The summed E-state index contributed by atoms with van der Waals surface area (Å²) in [6.07, 6.45) is 0. The summed E-state index contributed by atoms with van der Waals surface area (Å²) in [5, 5.41) is 14.5. The van der Waals surface area contributed by atoms with E-state index in [2.05, 4.69) is 31.1 Å². The summed E-state index contributed by atoms with van der Waals surface area (Å²) in [5.41, 5.74) is 0.991. The summed E-state index contributed by atoms with van der Waals surface area (Å²) >= 11 is 3.08. The van der Waals surface area contributed by atoms with Crippen molar-refractivity contribution in [2.45, 2.75) is 44.9 Å². The molecular weight excluding hydrogens is 296 g/mol. The van der Waals surface area contributed by atoms with Crippen LogP contribution in [0.3, 0.4) is 0 Å². The highest BCUT2D eigenvalue weighted by atomic mass is 32.2. The van der Waals surface area contributed by atoms with Crippen molar-refractivity contribution in [1.82, 2.24) is 10.3 Å². The Kier molecular flexibility index (Phi) is 6.01. The average molecular weight is 316 g/mol. The lowest BCUT2D eigenvalue weighted by atomic mass is 9.98. The molecule has 112 valence electrons. The minimum Gasteiger partial charge on any atom is -0.480 e. The zero-order chi connectivity index (χ0) is 15.3. The quantitative estimate of drug-likeness (QED) is 0.841. The second-order valence-corrected chi connectivity index (χ2v) is 7.39. The minimum atomic E-state index is -1.01. The summed E-state index contributed by atoms with van der Waals surface area (Å²) in [4.78, 5) is 26.4. The monoisotopic (exact) mass is 316 g/mol. The molecule has 0 saturated carbocycles. The standard InChI is InChI=1S/C13H20N2O3S2/c1-8(16)14-10(11(17)18)7-19-5-9-6-20-12(15-9)13(2,3)4/h6,10H,5,7H2,1-4H3,(H,14,16)(H,17,18). The number of carbonyl (C=O) groups is 2. The van der Waals surface area contributed by atoms with Crippen LogP contribution in [0.25, 0.3) is 0 Å². The van der Waals surface area contributed by atoms with E-state index < -0.39 is 12.0 Å². The van der Waals surface area contributed by atoms with Crippen LogP contribution < -0.4 is 5.32 Å². The number of thioether (sulfide) groups is 1. The average Bonchev–Trinajstić information content (AvgIpc) is 2.75. The van der Waals surface area contributed by atoms with Crippen LogP contribution in [0.1, 0.15) is 38.4 Å². The Labute approximate surface area is 127 Å². The third-order valence-corrected chi connectivity index (χ3v) is 4.79. The number of carboxylic acids is 1. The van der Waals surface area contributed by atoms with Gasteiger partial charge in [-0.1, -0.05) is 20.8 Å². The molecule has 5 nitrogen and oxygen atoms in total. The van der Waals surface area contributed by atoms with Crippen molar-refractivity contribution < 1.29 is 14.7 Å². The Bertz CT molecular complexity index is 480. The third kappa shape index (κ3) is 5.50. The van der Waals surface area contributed by atoms with E-state index in [0.717, 1.165) is 10.7 Å². The Hall–Kier alpha value is -1.08. The number of hydrogen-bond donors (Lipinski definition) is 2. The molecule has 1 unspecified atom stereocenters. The lowest BCUT2D eigenvalue weighted by Gasteiger charge is -2.14. The van der Waals surface area contributed by atoms with Gasteiger partial charge in [-0.25, -0.2) is 9.78 Å². The second kappa shape index (κ2) is 7.08. The Morgan fingerprint density at radius 2 is 2.15 bits per heavy atom. The molecule has 1 rings (SSSR count). The number of aliphatic carboxylic acids is 1. The van der Waals surface area contributed by atoms with Gasteiger partial charge in [-0.2, -0.15) is 11.8 Å². The molecule has 1 aromatic rings. The minimum absolute atomic E-state index is 0.0351. The molecule has 7 heteroatoms. The van der Waals surface area contributed by atoms with E-state index in [0.29, 0.717) is 11.5 Å². The van der Waals surface area contributed by atoms with Gasteiger partial charge in [0, 0.05) is 29.2 Å². The largest absolute Gasteiger partial charge is 0.480 e. The summed E-state index contributed by atoms with van der Waals surface area (Å²) in [6, 6.07) is -0.849. The van der Waals surface area contributed by atoms with Gasteiger partial charge in [0.1, 0.15) is 6.04 Å². The maximum absolute atomic E-state index is 11.0. The number of thiazole rings is 1. The summed E-state index contributed by atoms with van der Waals surface area (Å²) < 4.78 is 0. The molecule has 1 amide bonds. The highest BCUT2D eigenvalue weighted by Crippen LogP contribution is 2.27. The predicted molar refractivity (Wildman–Crippen MR) is 82.2 cm³/mol. The van der Waals surface area contributed by atoms with Crippen LogP contribution in [-0.4, -0.2) is 33.8 Å². The number of nitrogens with zero attached hydrogens (tertiary/aromatic N) is 1. The highest BCUT2D eigenvalue weighted by Gasteiger charge is 2.20. The van der Waals surface area contributed by atoms with Crippen LogP contribution in [0.2, 0.25) is 0 Å². The predicted octanol–water partition coefficient (Wildman–Crippen LogP) is 2.26. The molecule has 0 bridgehead atoms. The number of carbonyl (C=O) groups excluding carboxylic acids is 1. The van der Waals surface area contributed by atoms with Crippen molar-refractivity contribution in [1.29, 1.82) is 0 Å². The normalized spacial score (nSPS) is 13.0. The van der Waals surface area contributed by atoms with Crippen molar-refractivity contribution in [2.24, 2.45) is 0 Å². The Morgan fingerprint density at radius 1 is 1.50 bits per heavy atom. The lowest BCUT2D eigenvalue weighted by Crippen LogP contribution is -2.41. The first-order valence-electron chi connectivity index (χ1n) is 6.22. The Balaban J connectivity index is 2.49. The third-order valence-electron chi connectivity index (χ3n) is 2.40. The molecule has 0 fully saturated rings. The van der Waals surface area contributed by atoms with E-state index in [-0.39, 0.29) is 11.3 Å². The van der Waals surface area contributed by atoms with E-state index >= 15 is 0 Å². The van der Waals surface area contributed by atoms with Crippen molar-refractivity contribution in [3.8, 4) is 0 Å². The number of nitrogens with one attached hydrogen (secondary N) is 1. The fourth-order valence-electron chi connectivity index (χ4n) is 1.42. The van der Waals surface area contributed by atoms with Crippen LogP contribution in [0.4, 0.5) is 0 Å². The summed E-state index contributed by atoms with van der Waals surface area (Å²) in [6.45, 7) is 7.65. The van der Waals surface area contributed by atoms with Gasteiger partial charge in [0.05, 0.1) is 10.7 Å². The maximum atomic E-state index is 11.0. The van der Waals surface area contributed by atoms with Gasteiger partial charge >= 0.3 is 5.97 Å². The van der Waals surface area contributed by atoms with Gasteiger partial charge in [0.2, 0.25) is 5.91 Å². The van der Waals surface area contributed by atoms with Crippen LogP contribution in [0.5, 0.6) is 0 Å². The van der Waals surface area contributed by atoms with Crippen molar-refractivity contribution in [3.05, 3.63) is 16.1 Å². The number of amides is 1. The molecule has 0 aliphatic heterocycles. The number of hydrogen-bond acceptors (Lipinski definition) is 5. The van der Waals surface area contributed by atoms with Gasteiger partial charge in [0.15, 0.2) is 0 Å². The molecule has 0 aromatic carbocycles. The summed E-state index contributed by atoms with van der Waals surface area (Å²) in [7, 11) is 0. The number of rotatable bonds is 6. The summed E-state index contributed by atoms with van der Waals surface area (Å²) in [5.74, 6) is -0.365. The van der Waals surface area contributed by atoms with E-state index in [4.69, 9.17) is 5.11 Å². The molecule has 0 aliphatic rings. The van der Waals surface area contributed by atoms with Crippen molar-refractivity contribution >= 4 is 35.0 Å². The second-order valence-electron chi connectivity index (χ2n) is 5.50. The van der Waals surface area contributed by atoms with E-state index in [1.807, 2.05) is 5.38 Å². The molecule has 1 atom stereocenters. The van der Waals surface area contributed by atoms with Crippen LogP contribution in [0, 0.1) is 0 Å². The topological polar surface area (TPSA) is 79.3 Å². The number of aromatic nitrogens is 1. The molecule has 1 heterocycles. The van der Waals surface area contributed by atoms with Crippen LogP contribution >= 0.6 is 23.1 Å². The smallest absolute Gasteiger partial charge is 0.327 e. The fourth-order valence-corrected chi connectivity index (χ4v) is 3.37. The molecule has 20 heavy (non-hydrogen) atoms. The van der Waals surface area contributed by atoms with Gasteiger partial charge in [-0.05, 0) is 0 Å². The van der Waals surface area contributed by atoms with Gasteiger partial charge in [0.25, 0.3) is 0 Å². The van der Waals surface area contributed by atoms with Crippen molar-refractivity contribution in [3.63, 3.8) is 0 Å². The first-order chi connectivity index (χ1) is 9.20. The van der Waals surface area contributed by atoms with E-state index in [1.54, 1.807) is 11.3 Å². The zero-order valence-electron chi connectivity index (χ0n) is 12.1. The highest BCUT2D eigenvalue weighted by molar-refractivity contribution is 7.98. The van der Waals surface area contributed by atoms with Gasteiger partial charge in [-0.3, -0.25) is 4.79 Å². The molecule has 0 radical (unpaired) electrons. The Morgan fingerprint density at radius 3 is 2.60 bits per heavy atom. The SMILES string of the molecule is CC(=O)NC(CSCc1csc(C(C)(C)C)n1)C(=O)O. The van der Waals surface area contributed by atoms with Crippen LogP contribution in [0.15, 0.2) is 5.38 Å². The molecule has 0 saturated heterocycles. The fraction of sp³-hybridized carbons (Fsp3) is 0.615. The van der Waals surface area contributed by atoms with Gasteiger partial charge in [-0.15, -0.1) is 11.3 Å². The zero-order valence-corrected chi connectivity index (χ0v) is 13.7. The van der Waals surface area contributed by atoms with Crippen LogP contribution in [-0.2, 0) is 20.8 Å². The first-order valence-corrected chi connectivity index (χ1v) is 8.26. The molecule has 0 aliphatic carbocycles. The van der Waals surface area contributed by atoms with Gasteiger partial charge < -0.3 is 10.4 Å². The first kappa shape index (κ1) is 17.0. The molecular formula is C13H20N2O3S2.